The van der Waals surface area contributed by atoms with Crippen LogP contribution in [-0.4, -0.2) is 82.2 Å². The van der Waals surface area contributed by atoms with Crippen LogP contribution in [0.5, 0.6) is 5.75 Å². The fraction of sp³-hybridized carbons (Fsp3) is 0.300. The Labute approximate surface area is 233 Å². The Hall–Kier alpha value is -4.71. The lowest BCUT2D eigenvalue weighted by Crippen LogP contribution is -2.37. The van der Waals surface area contributed by atoms with Crippen LogP contribution >= 0.6 is 11.0 Å². The number of H-pyrrole nitrogens is 2. The number of nitrogens with two attached hydrogens (primary N) is 2. The van der Waals surface area contributed by atoms with Gasteiger partial charge in [-0.05, 0) is 0 Å². The maximum absolute atomic E-state index is 12.1. The highest BCUT2D eigenvalue weighted by molar-refractivity contribution is 8.23. The van der Waals surface area contributed by atoms with Gasteiger partial charge < -0.3 is 35.9 Å². The van der Waals surface area contributed by atoms with Crippen molar-refractivity contribution in [3.05, 3.63) is 39.1 Å². The van der Waals surface area contributed by atoms with E-state index in [2.05, 4.69) is 39.3 Å². The molecule has 5 aromatic rings. The molecule has 0 amide bonds. The van der Waals surface area contributed by atoms with E-state index in [0.29, 0.717) is 0 Å². The van der Waals surface area contributed by atoms with Crippen molar-refractivity contribution in [2.45, 2.75) is 31.5 Å². The molecule has 0 saturated carbocycles. The van der Waals surface area contributed by atoms with Crippen LogP contribution in [0.15, 0.2) is 26.7 Å². The van der Waals surface area contributed by atoms with Gasteiger partial charge in [0.15, 0.2) is 28.1 Å². The fourth-order valence-corrected chi connectivity index (χ4v) is 5.47. The zero-order valence-corrected chi connectivity index (χ0v) is 21.9. The van der Waals surface area contributed by atoms with Crippen LogP contribution in [0.4, 0.5) is 17.6 Å². The lowest BCUT2D eigenvalue weighted by molar-refractivity contribution is -0.0135. The molecule has 1 saturated heterocycles. The van der Waals surface area contributed by atoms with Crippen LogP contribution in [0.25, 0.3) is 28.2 Å². The van der Waals surface area contributed by atoms with E-state index < -0.39 is 52.9 Å². The number of aromatic nitrogens is 8. The number of aliphatic hydroxyl groups is 2. The number of ether oxygens (including phenoxy) is 1. The second-order valence-corrected chi connectivity index (χ2v) is 10.7. The Morgan fingerprint density at radius 3 is 2.40 bits per heavy atom. The smallest absolute Gasteiger partial charge is 0.280 e. The first-order valence-corrected chi connectivity index (χ1v) is 13.6. The van der Waals surface area contributed by atoms with Crippen LogP contribution < -0.4 is 32.0 Å². The molecule has 21 nitrogen and oxygen atoms in total. The van der Waals surface area contributed by atoms with Crippen LogP contribution in [0.3, 0.4) is 0 Å². The summed E-state index contributed by atoms with van der Waals surface area (Å²) in [5.74, 6) is -1.68. The topological polar surface area (TPSA) is 327 Å². The predicted molar refractivity (Wildman–Crippen MR) is 145 cm³/mol. The zero-order valence-electron chi connectivity index (χ0n) is 21.1. The van der Waals surface area contributed by atoms with E-state index in [9.17, 15) is 34.0 Å². The van der Waals surface area contributed by atoms with Crippen molar-refractivity contribution in [3.8, 4) is 11.6 Å². The number of aliphatic hydroxyl groups excluding tert-OH is 2. The van der Waals surface area contributed by atoms with Gasteiger partial charge in [-0.2, -0.15) is 14.7 Å². The van der Waals surface area contributed by atoms with Crippen molar-refractivity contribution in [1.82, 2.24) is 43.8 Å². The molecule has 224 valence electrons. The molecular formula is C20H24N12O9S. The van der Waals surface area contributed by atoms with Crippen LogP contribution in [0, 0.1) is 0 Å². The highest BCUT2D eigenvalue weighted by Crippen LogP contribution is 2.45. The zero-order chi connectivity index (χ0) is 29.9. The van der Waals surface area contributed by atoms with Gasteiger partial charge in [-0.25, -0.2) is 14.5 Å². The van der Waals surface area contributed by atoms with Crippen molar-refractivity contribution in [2.75, 3.05) is 22.7 Å². The largest absolute Gasteiger partial charge is 0.502 e. The van der Waals surface area contributed by atoms with Crippen molar-refractivity contribution >= 4 is 50.9 Å². The normalized spacial score (nSPS) is 19.7. The van der Waals surface area contributed by atoms with E-state index in [1.165, 1.54) is 10.9 Å². The number of aromatic amines is 2. The molecule has 42 heavy (non-hydrogen) atoms. The summed E-state index contributed by atoms with van der Waals surface area (Å²) < 4.78 is 39.9. The highest BCUT2D eigenvalue weighted by Gasteiger charge is 2.37. The number of furan rings is 1. The SMILES string of the molecule is Nc1nc2c(ncn2-c2oc(CO)c(NS(O)(O)NCC3OC(n4cnc5c(=O)[nH]c(N)nc54)CC3O)c2O)c(=O)[nH]1. The average Bonchev–Trinajstić information content (AvgIpc) is 3.68. The molecule has 13 N–H and O–H groups in total. The number of hydrogen-bond acceptors (Lipinski definition) is 17. The molecule has 6 heterocycles. The van der Waals surface area contributed by atoms with E-state index in [-0.39, 0.29) is 64.5 Å². The third kappa shape index (κ3) is 4.67. The van der Waals surface area contributed by atoms with E-state index in [1.54, 1.807) is 0 Å². The van der Waals surface area contributed by atoms with Gasteiger partial charge in [0.05, 0.1) is 12.4 Å². The minimum absolute atomic E-state index is 0.0240. The molecular weight excluding hydrogens is 584 g/mol. The molecule has 5 aromatic heterocycles. The first kappa shape index (κ1) is 27.5. The van der Waals surface area contributed by atoms with E-state index in [0.717, 1.165) is 10.9 Å². The van der Waals surface area contributed by atoms with Gasteiger partial charge in [-0.3, -0.25) is 38.0 Å². The Bertz CT molecular complexity index is 1930. The summed E-state index contributed by atoms with van der Waals surface area (Å²) in [7, 11) is -3.96. The lowest BCUT2D eigenvalue weighted by atomic mass is 10.2. The molecule has 0 aliphatic carbocycles. The molecule has 3 unspecified atom stereocenters. The Morgan fingerprint density at radius 1 is 1.07 bits per heavy atom. The molecule has 1 aliphatic heterocycles. The van der Waals surface area contributed by atoms with Crippen molar-refractivity contribution in [3.63, 3.8) is 0 Å². The monoisotopic (exact) mass is 608 g/mol. The van der Waals surface area contributed by atoms with Gasteiger partial charge in [-0.1, -0.05) is 11.0 Å². The first-order valence-electron chi connectivity index (χ1n) is 12.0. The standard InChI is InChI=1S/C20H24N12O9S/c21-19-26-14-11(16(36)28-19)23-4-31(14)9-1-6(34)7(40-9)2-25-42(38,39)30-10-8(3-33)41-18(13(10)35)32-5-24-12-15(32)27-20(22)29-17(12)37/h4-7,9,25,30,33-35,38-39H,1-3H2,(H3,21,26,28,36)(H3,22,27,29,37). The van der Waals surface area contributed by atoms with Gasteiger partial charge in [-0.15, -0.1) is 0 Å². The maximum Gasteiger partial charge on any atom is 0.280 e. The minimum atomic E-state index is -3.96. The number of fused-ring (bicyclic) bond motifs is 2. The number of anilines is 3. The number of hydrogen-bond donors (Lipinski definition) is 11. The van der Waals surface area contributed by atoms with Gasteiger partial charge in [0, 0.05) is 13.0 Å². The number of rotatable bonds is 8. The number of nitrogens with one attached hydrogen (secondary N) is 4. The van der Waals surface area contributed by atoms with Crippen molar-refractivity contribution in [2.24, 2.45) is 0 Å². The number of nitrogens with zero attached hydrogens (tertiary/aromatic N) is 6. The molecule has 0 radical (unpaired) electrons. The van der Waals surface area contributed by atoms with Crippen LogP contribution in [0.1, 0.15) is 18.4 Å². The third-order valence-corrected chi connectivity index (χ3v) is 7.48. The summed E-state index contributed by atoms with van der Waals surface area (Å²) in [4.78, 5) is 44.7. The molecule has 0 spiro atoms. The van der Waals surface area contributed by atoms with Crippen molar-refractivity contribution in [1.29, 1.82) is 0 Å². The third-order valence-electron chi connectivity index (χ3n) is 6.42. The summed E-state index contributed by atoms with van der Waals surface area (Å²) in [5, 5.41) is 31.2. The minimum Gasteiger partial charge on any atom is -0.502 e. The molecule has 0 bridgehead atoms. The molecule has 1 fully saturated rings. The highest BCUT2D eigenvalue weighted by atomic mass is 32.3. The van der Waals surface area contributed by atoms with E-state index in [1.807, 2.05) is 0 Å². The number of imidazole rings is 2. The summed E-state index contributed by atoms with van der Waals surface area (Å²) in [6, 6.07) is 0. The van der Waals surface area contributed by atoms with E-state index in [4.69, 9.17) is 20.6 Å². The van der Waals surface area contributed by atoms with Gasteiger partial charge in [0.1, 0.15) is 31.0 Å². The summed E-state index contributed by atoms with van der Waals surface area (Å²) in [6.45, 7) is -1.07. The molecule has 6 rings (SSSR count). The second kappa shape index (κ2) is 9.98. The summed E-state index contributed by atoms with van der Waals surface area (Å²) in [5.41, 5.74) is 9.63. The lowest BCUT2D eigenvalue weighted by Gasteiger charge is -2.34. The second-order valence-electron chi connectivity index (χ2n) is 9.16. The maximum atomic E-state index is 12.1. The number of nitrogen functional groups attached to an aromatic ring is 2. The molecule has 0 aromatic carbocycles. The van der Waals surface area contributed by atoms with Crippen molar-refractivity contribution < 1.29 is 33.6 Å². The Morgan fingerprint density at radius 2 is 1.71 bits per heavy atom. The quantitative estimate of drug-likeness (QED) is 0.0947. The first-order chi connectivity index (χ1) is 20.0. The summed E-state index contributed by atoms with van der Waals surface area (Å²) >= 11 is 0. The van der Waals surface area contributed by atoms with Crippen LogP contribution in [0.2, 0.25) is 0 Å². The van der Waals surface area contributed by atoms with Gasteiger partial charge >= 0.3 is 0 Å². The Kier molecular flexibility index (Phi) is 6.53. The van der Waals surface area contributed by atoms with E-state index >= 15 is 0 Å². The van der Waals surface area contributed by atoms with Gasteiger partial charge in [0.25, 0.3) is 17.0 Å². The average molecular weight is 609 g/mol. The van der Waals surface area contributed by atoms with Gasteiger partial charge in [0.2, 0.25) is 17.6 Å². The Balaban J connectivity index is 1.19. The van der Waals surface area contributed by atoms with Crippen LogP contribution in [-0.2, 0) is 11.3 Å². The number of aromatic hydroxyl groups is 1. The molecule has 3 atom stereocenters. The fourth-order valence-electron chi connectivity index (χ4n) is 4.51. The molecule has 1 aliphatic rings. The summed E-state index contributed by atoms with van der Waals surface area (Å²) in [6.07, 6.45) is -0.355. The predicted octanol–water partition coefficient (Wildman–Crippen LogP) is -1.57. The molecule has 22 heteroatoms.